The van der Waals surface area contributed by atoms with Crippen LogP contribution >= 0.6 is 0 Å². The van der Waals surface area contributed by atoms with Crippen molar-refractivity contribution in [3.8, 4) is 11.6 Å². The summed E-state index contributed by atoms with van der Waals surface area (Å²) < 4.78 is 39.8. The van der Waals surface area contributed by atoms with Crippen LogP contribution in [-0.2, 0) is 17.1 Å². The van der Waals surface area contributed by atoms with Crippen LogP contribution in [0.3, 0.4) is 0 Å². The Balaban J connectivity index is 1.26. The van der Waals surface area contributed by atoms with Crippen LogP contribution in [0.2, 0.25) is 0 Å². The van der Waals surface area contributed by atoms with E-state index in [4.69, 9.17) is 9.47 Å². The molecule has 0 aliphatic rings. The summed E-state index contributed by atoms with van der Waals surface area (Å²) in [7, 11) is -0.551. The number of hydrogen-bond donors (Lipinski definition) is 4. The number of rotatable bonds is 11. The predicted molar refractivity (Wildman–Crippen MR) is 126 cm³/mol. The highest BCUT2D eigenvalue weighted by atomic mass is 32.2. The van der Waals surface area contributed by atoms with Crippen molar-refractivity contribution in [3.63, 3.8) is 0 Å². The molecule has 0 fully saturated rings. The minimum Gasteiger partial charge on any atom is -0.492 e. The Morgan fingerprint density at radius 1 is 1.24 bits per heavy atom. The molecule has 2 aromatic carbocycles. The van der Waals surface area contributed by atoms with Gasteiger partial charge in [-0.2, -0.15) is 5.10 Å². The van der Waals surface area contributed by atoms with E-state index in [1.54, 1.807) is 38.4 Å². The second-order valence-electron chi connectivity index (χ2n) is 7.59. The van der Waals surface area contributed by atoms with Gasteiger partial charge in [-0.15, -0.1) is 5.10 Å². The molecule has 4 rings (SSSR count). The van der Waals surface area contributed by atoms with Crippen LogP contribution in [0.1, 0.15) is 11.7 Å². The number of sulfonamides is 1. The number of anilines is 1. The topological polar surface area (TPSA) is 143 Å². The molecule has 180 valence electrons. The first kappa shape index (κ1) is 23.5. The molecular weight excluding hydrogens is 460 g/mol. The lowest BCUT2D eigenvalue weighted by molar-refractivity contribution is 0.172. The summed E-state index contributed by atoms with van der Waals surface area (Å²) in [6.45, 7) is 1.18. The van der Waals surface area contributed by atoms with Crippen molar-refractivity contribution in [2.45, 2.75) is 11.0 Å². The third-order valence-electron chi connectivity index (χ3n) is 5.09. The van der Waals surface area contributed by atoms with E-state index in [0.29, 0.717) is 36.0 Å². The number of methoxy groups -OCH3 is 1. The number of hydrogen-bond acceptors (Lipinski definition) is 8. The van der Waals surface area contributed by atoms with Crippen LogP contribution in [0, 0.1) is 0 Å². The van der Waals surface area contributed by atoms with E-state index in [9.17, 15) is 13.5 Å². The summed E-state index contributed by atoms with van der Waals surface area (Å²) in [5.74, 6) is 1.22. The monoisotopic (exact) mass is 486 g/mol. The molecule has 0 amide bonds. The number of aryl methyl sites for hydroxylation is 1. The number of nitrogens with one attached hydrogen (secondary N) is 3. The lowest BCUT2D eigenvalue weighted by Gasteiger charge is -2.14. The van der Waals surface area contributed by atoms with Gasteiger partial charge in [-0.05, 0) is 29.8 Å². The zero-order valence-electron chi connectivity index (χ0n) is 18.7. The Hall–Kier alpha value is -3.61. The Morgan fingerprint density at radius 2 is 2.09 bits per heavy atom. The van der Waals surface area contributed by atoms with Gasteiger partial charge in [-0.25, -0.2) is 8.42 Å². The zero-order valence-corrected chi connectivity index (χ0v) is 19.5. The van der Waals surface area contributed by atoms with Gasteiger partial charge in [0.1, 0.15) is 17.3 Å². The second kappa shape index (κ2) is 10.1. The molecule has 1 atom stereocenters. The molecular formula is C22H26N6O5S. The Bertz CT molecular complexity index is 1370. The fourth-order valence-corrected chi connectivity index (χ4v) is 4.41. The van der Waals surface area contributed by atoms with Crippen molar-refractivity contribution in [3.05, 3.63) is 60.4 Å². The SMILES string of the molecule is COc1n[nH]c2cc(OCCNC[C@H](O)c3cccc(NS(=O)(=O)c4cnn(C)c4)c3)ccc12. The largest absolute Gasteiger partial charge is 0.492 e. The number of nitrogens with zero attached hydrogens (tertiary/aromatic N) is 3. The van der Waals surface area contributed by atoms with Gasteiger partial charge in [0.05, 0.1) is 30.3 Å². The fraction of sp³-hybridized carbons (Fsp3) is 0.273. The number of benzene rings is 2. The van der Waals surface area contributed by atoms with Crippen LogP contribution in [-0.4, -0.2) is 60.3 Å². The number of H-pyrrole nitrogens is 1. The van der Waals surface area contributed by atoms with Crippen molar-refractivity contribution < 1.29 is 23.0 Å². The Kier molecular flexibility index (Phi) is 7.01. The van der Waals surface area contributed by atoms with Gasteiger partial charge in [-0.3, -0.25) is 14.5 Å². The van der Waals surface area contributed by atoms with Crippen LogP contribution in [0.5, 0.6) is 11.6 Å². The summed E-state index contributed by atoms with van der Waals surface area (Å²) >= 11 is 0. The highest BCUT2D eigenvalue weighted by Gasteiger charge is 2.17. The van der Waals surface area contributed by atoms with Gasteiger partial charge in [0.15, 0.2) is 0 Å². The van der Waals surface area contributed by atoms with E-state index in [0.717, 1.165) is 10.9 Å². The molecule has 0 unspecified atom stereocenters. The lowest BCUT2D eigenvalue weighted by atomic mass is 10.1. The van der Waals surface area contributed by atoms with E-state index in [1.807, 2.05) is 18.2 Å². The van der Waals surface area contributed by atoms with Gasteiger partial charge in [0.25, 0.3) is 10.0 Å². The lowest BCUT2D eigenvalue weighted by Crippen LogP contribution is -2.26. The van der Waals surface area contributed by atoms with Crippen LogP contribution in [0.4, 0.5) is 5.69 Å². The number of aliphatic hydroxyl groups excluding tert-OH is 1. The average Bonchev–Trinajstić information content (AvgIpc) is 3.44. The number of aliphatic hydroxyl groups is 1. The normalized spacial score (nSPS) is 12.6. The summed E-state index contributed by atoms with van der Waals surface area (Å²) in [5.41, 5.74) is 1.75. The first-order valence-corrected chi connectivity index (χ1v) is 12.0. The highest BCUT2D eigenvalue weighted by molar-refractivity contribution is 7.92. The van der Waals surface area contributed by atoms with E-state index >= 15 is 0 Å². The predicted octanol–water partition coefficient (Wildman–Crippen LogP) is 1.81. The van der Waals surface area contributed by atoms with Crippen LogP contribution in [0.15, 0.2) is 59.8 Å². The third-order valence-corrected chi connectivity index (χ3v) is 6.43. The number of aromatic amines is 1. The maximum absolute atomic E-state index is 12.5. The van der Waals surface area contributed by atoms with E-state index < -0.39 is 16.1 Å². The van der Waals surface area contributed by atoms with Crippen molar-refractivity contribution in [1.82, 2.24) is 25.3 Å². The van der Waals surface area contributed by atoms with Crippen molar-refractivity contribution in [2.75, 3.05) is 31.5 Å². The zero-order chi connectivity index (χ0) is 24.1. The van der Waals surface area contributed by atoms with Gasteiger partial charge in [0, 0.05) is 38.1 Å². The molecule has 0 spiro atoms. The molecule has 0 saturated carbocycles. The van der Waals surface area contributed by atoms with E-state index in [-0.39, 0.29) is 11.4 Å². The highest BCUT2D eigenvalue weighted by Crippen LogP contribution is 2.26. The Morgan fingerprint density at radius 3 is 2.85 bits per heavy atom. The summed E-state index contributed by atoms with van der Waals surface area (Å²) in [6, 6.07) is 12.2. The first-order chi connectivity index (χ1) is 16.4. The quantitative estimate of drug-likeness (QED) is 0.235. The average molecular weight is 487 g/mol. The van der Waals surface area contributed by atoms with Gasteiger partial charge < -0.3 is 19.9 Å². The van der Waals surface area contributed by atoms with E-state index in [1.165, 1.54) is 17.1 Å². The molecule has 2 heterocycles. The molecule has 11 nitrogen and oxygen atoms in total. The van der Waals surface area contributed by atoms with Crippen LogP contribution in [0.25, 0.3) is 10.9 Å². The maximum Gasteiger partial charge on any atom is 0.265 e. The molecule has 4 aromatic rings. The number of ether oxygens (including phenoxy) is 2. The first-order valence-electron chi connectivity index (χ1n) is 10.5. The molecule has 4 N–H and O–H groups in total. The number of fused-ring (bicyclic) bond motifs is 1. The minimum absolute atomic E-state index is 0.0634. The van der Waals surface area contributed by atoms with Crippen LogP contribution < -0.4 is 19.5 Å². The summed E-state index contributed by atoms with van der Waals surface area (Å²) in [4.78, 5) is 0.0634. The smallest absolute Gasteiger partial charge is 0.265 e. The maximum atomic E-state index is 12.5. The molecule has 34 heavy (non-hydrogen) atoms. The summed E-state index contributed by atoms with van der Waals surface area (Å²) in [6.07, 6.45) is 1.87. The fourth-order valence-electron chi connectivity index (χ4n) is 3.38. The Labute approximate surface area is 196 Å². The molecule has 0 aliphatic carbocycles. The molecule has 0 aliphatic heterocycles. The molecule has 12 heteroatoms. The summed E-state index contributed by atoms with van der Waals surface area (Å²) in [5, 5.41) is 25.4. The van der Waals surface area contributed by atoms with Crippen molar-refractivity contribution in [1.29, 1.82) is 0 Å². The van der Waals surface area contributed by atoms with Crippen molar-refractivity contribution >= 4 is 26.6 Å². The van der Waals surface area contributed by atoms with Gasteiger partial charge >= 0.3 is 0 Å². The molecule has 0 radical (unpaired) electrons. The standard InChI is InChI=1S/C22H26N6O5S/c1-28-14-18(12-24-28)34(30,31)27-16-5-3-4-15(10-16)21(29)13-23-8-9-33-17-6-7-19-20(11-17)25-26-22(19)32-2/h3-7,10-12,14,21,23,27,29H,8-9,13H2,1-2H3,(H,25,26)/t21-/m0/s1. The van der Waals surface area contributed by atoms with E-state index in [2.05, 4.69) is 25.3 Å². The molecule has 0 bridgehead atoms. The second-order valence-corrected chi connectivity index (χ2v) is 9.27. The third kappa shape index (κ3) is 5.47. The molecule has 2 aromatic heterocycles. The molecule has 0 saturated heterocycles. The number of aromatic nitrogens is 4. The minimum atomic E-state index is -3.76. The van der Waals surface area contributed by atoms with Gasteiger partial charge in [-0.1, -0.05) is 12.1 Å². The van der Waals surface area contributed by atoms with Crippen molar-refractivity contribution in [2.24, 2.45) is 7.05 Å². The van der Waals surface area contributed by atoms with Gasteiger partial charge in [0.2, 0.25) is 5.88 Å².